The van der Waals surface area contributed by atoms with Crippen molar-refractivity contribution in [3.63, 3.8) is 0 Å². The van der Waals surface area contributed by atoms with Crippen LogP contribution in [0, 0.1) is 12.7 Å². The number of hydrogen-bond acceptors (Lipinski definition) is 3. The van der Waals surface area contributed by atoms with Gasteiger partial charge in [-0.3, -0.25) is 4.79 Å². The first-order valence-electron chi connectivity index (χ1n) is 6.36. The molecule has 0 bridgehead atoms. The molecule has 1 saturated heterocycles. The number of hydrogen-bond donors (Lipinski definition) is 2. The number of nitrogens with zero attached hydrogens (tertiary/aromatic N) is 1. The number of rotatable bonds is 2. The molecule has 104 valence electrons. The minimum atomic E-state index is -0.897. The van der Waals surface area contributed by atoms with Crippen LogP contribution in [0.1, 0.15) is 17.5 Å². The number of benzene rings is 1. The highest BCUT2D eigenvalue weighted by Gasteiger charge is 2.28. The molecule has 4 nitrogen and oxygen atoms in total. The summed E-state index contributed by atoms with van der Waals surface area (Å²) in [5, 5.41) is 19.0. The Labute approximate surface area is 111 Å². The van der Waals surface area contributed by atoms with Gasteiger partial charge < -0.3 is 15.1 Å². The highest BCUT2D eigenvalue weighted by atomic mass is 19.1. The molecule has 2 atom stereocenters. The number of halogens is 1. The number of aryl methyl sites for hydroxylation is 1. The summed E-state index contributed by atoms with van der Waals surface area (Å²) < 4.78 is 13.2. The molecule has 0 aromatic heterocycles. The van der Waals surface area contributed by atoms with Crippen LogP contribution in [0.4, 0.5) is 4.39 Å². The first-order valence-corrected chi connectivity index (χ1v) is 6.36. The van der Waals surface area contributed by atoms with Gasteiger partial charge in [-0.15, -0.1) is 0 Å². The van der Waals surface area contributed by atoms with E-state index in [1.807, 2.05) is 6.92 Å². The van der Waals surface area contributed by atoms with Crippen LogP contribution in [0.5, 0.6) is 0 Å². The van der Waals surface area contributed by atoms with Gasteiger partial charge in [0, 0.05) is 13.1 Å². The van der Waals surface area contributed by atoms with Crippen molar-refractivity contribution in [1.29, 1.82) is 0 Å². The van der Waals surface area contributed by atoms with Gasteiger partial charge in [0.1, 0.15) is 5.82 Å². The van der Waals surface area contributed by atoms with E-state index in [-0.39, 0.29) is 24.7 Å². The maximum atomic E-state index is 13.2. The molecule has 0 unspecified atom stereocenters. The average molecular weight is 267 g/mol. The van der Waals surface area contributed by atoms with Gasteiger partial charge in [0.15, 0.2) is 0 Å². The summed E-state index contributed by atoms with van der Waals surface area (Å²) in [5.41, 5.74) is 1.53. The summed E-state index contributed by atoms with van der Waals surface area (Å²) >= 11 is 0. The van der Waals surface area contributed by atoms with Gasteiger partial charge in [-0.05, 0) is 36.6 Å². The third kappa shape index (κ3) is 3.30. The Bertz CT molecular complexity index is 478. The van der Waals surface area contributed by atoms with Gasteiger partial charge in [-0.2, -0.15) is 0 Å². The number of aliphatic hydroxyl groups excluding tert-OH is 2. The lowest BCUT2D eigenvalue weighted by Gasteiger charge is -2.33. The van der Waals surface area contributed by atoms with Crippen molar-refractivity contribution in [2.24, 2.45) is 0 Å². The van der Waals surface area contributed by atoms with Crippen LogP contribution in [0.3, 0.4) is 0 Å². The van der Waals surface area contributed by atoms with Crippen molar-refractivity contribution in [1.82, 2.24) is 4.90 Å². The number of aliphatic hydroxyl groups is 2. The number of piperidine rings is 1. The van der Waals surface area contributed by atoms with E-state index in [0.29, 0.717) is 18.5 Å². The molecule has 0 spiro atoms. The van der Waals surface area contributed by atoms with Gasteiger partial charge in [-0.1, -0.05) is 6.07 Å². The summed E-state index contributed by atoms with van der Waals surface area (Å²) in [5.74, 6) is -0.512. The lowest BCUT2D eigenvalue weighted by atomic mass is 10.0. The SMILES string of the molecule is Cc1ccc(F)cc1CC(=O)N1CC[C@@H](O)[C@H](O)C1. The molecule has 1 aromatic rings. The van der Waals surface area contributed by atoms with Gasteiger partial charge in [-0.25, -0.2) is 4.39 Å². The van der Waals surface area contributed by atoms with Crippen LogP contribution in [0.2, 0.25) is 0 Å². The third-order valence-corrected chi connectivity index (χ3v) is 3.55. The summed E-state index contributed by atoms with van der Waals surface area (Å²) in [6, 6.07) is 4.37. The van der Waals surface area contributed by atoms with Crippen molar-refractivity contribution in [3.05, 3.63) is 35.1 Å². The number of amides is 1. The van der Waals surface area contributed by atoms with E-state index in [4.69, 9.17) is 0 Å². The predicted octanol–water partition coefficient (Wildman–Crippen LogP) is 0.631. The molecule has 2 N–H and O–H groups in total. The summed E-state index contributed by atoms with van der Waals surface area (Å²) in [6.07, 6.45) is -1.17. The molecule has 5 heteroatoms. The quantitative estimate of drug-likeness (QED) is 0.826. The molecular formula is C14H18FNO3. The zero-order valence-electron chi connectivity index (χ0n) is 10.8. The van der Waals surface area contributed by atoms with Crippen molar-refractivity contribution in [2.45, 2.75) is 32.0 Å². The van der Waals surface area contributed by atoms with E-state index in [0.717, 1.165) is 5.56 Å². The van der Waals surface area contributed by atoms with E-state index in [1.165, 1.54) is 17.0 Å². The Morgan fingerprint density at radius 1 is 1.42 bits per heavy atom. The second-order valence-corrected chi connectivity index (χ2v) is 5.01. The zero-order valence-corrected chi connectivity index (χ0v) is 10.8. The number of β-amino-alcohol motifs (C(OH)–C–C–N with tert-alkyl or cyclic N) is 1. The highest BCUT2D eigenvalue weighted by Crippen LogP contribution is 2.15. The lowest BCUT2D eigenvalue weighted by molar-refractivity contribution is -0.137. The molecule has 19 heavy (non-hydrogen) atoms. The fourth-order valence-corrected chi connectivity index (χ4v) is 2.25. The molecule has 1 aliphatic heterocycles. The van der Waals surface area contributed by atoms with E-state index < -0.39 is 12.2 Å². The maximum Gasteiger partial charge on any atom is 0.227 e. The van der Waals surface area contributed by atoms with Crippen LogP contribution in [-0.4, -0.2) is 46.3 Å². The van der Waals surface area contributed by atoms with Crippen molar-refractivity contribution < 1.29 is 19.4 Å². The Kier molecular flexibility index (Phi) is 4.17. The predicted molar refractivity (Wildman–Crippen MR) is 68.1 cm³/mol. The van der Waals surface area contributed by atoms with Crippen molar-refractivity contribution in [3.8, 4) is 0 Å². The van der Waals surface area contributed by atoms with E-state index in [9.17, 15) is 19.4 Å². The fraction of sp³-hybridized carbons (Fsp3) is 0.500. The van der Waals surface area contributed by atoms with Crippen molar-refractivity contribution >= 4 is 5.91 Å². The molecule has 0 saturated carbocycles. The lowest BCUT2D eigenvalue weighted by Crippen LogP contribution is -2.49. The second kappa shape index (κ2) is 5.67. The molecule has 0 radical (unpaired) electrons. The molecule has 0 aliphatic carbocycles. The number of likely N-dealkylation sites (tertiary alicyclic amines) is 1. The topological polar surface area (TPSA) is 60.8 Å². The van der Waals surface area contributed by atoms with E-state index >= 15 is 0 Å². The third-order valence-electron chi connectivity index (χ3n) is 3.55. The minimum absolute atomic E-state index is 0.117. The first-order chi connectivity index (χ1) is 8.97. The summed E-state index contributed by atoms with van der Waals surface area (Å²) in [7, 11) is 0. The number of carbonyl (C=O) groups is 1. The van der Waals surface area contributed by atoms with Crippen LogP contribution in [0.25, 0.3) is 0 Å². The molecular weight excluding hydrogens is 249 g/mol. The van der Waals surface area contributed by atoms with Crippen LogP contribution >= 0.6 is 0 Å². The smallest absolute Gasteiger partial charge is 0.227 e. The van der Waals surface area contributed by atoms with Gasteiger partial charge in [0.05, 0.1) is 18.6 Å². The Balaban J connectivity index is 2.03. The Hall–Kier alpha value is -1.46. The van der Waals surface area contributed by atoms with E-state index in [2.05, 4.69) is 0 Å². The molecule has 1 heterocycles. The van der Waals surface area contributed by atoms with Gasteiger partial charge in [0.25, 0.3) is 0 Å². The first kappa shape index (κ1) is 14.0. The summed E-state index contributed by atoms with van der Waals surface area (Å²) in [4.78, 5) is 13.6. The standard InChI is InChI=1S/C14H18FNO3/c1-9-2-3-11(15)6-10(9)7-14(19)16-5-4-12(17)13(18)8-16/h2-3,6,12-13,17-18H,4-5,7-8H2,1H3/t12-,13-/m1/s1. The molecule has 2 rings (SSSR count). The monoisotopic (exact) mass is 267 g/mol. The molecule has 1 aliphatic rings. The maximum absolute atomic E-state index is 13.2. The second-order valence-electron chi connectivity index (χ2n) is 5.01. The average Bonchev–Trinajstić information content (AvgIpc) is 2.37. The van der Waals surface area contributed by atoms with Gasteiger partial charge in [0.2, 0.25) is 5.91 Å². The largest absolute Gasteiger partial charge is 0.390 e. The summed E-state index contributed by atoms with van der Waals surface area (Å²) in [6.45, 7) is 2.39. The highest BCUT2D eigenvalue weighted by molar-refractivity contribution is 5.79. The number of carbonyl (C=O) groups excluding carboxylic acids is 1. The molecule has 1 aromatic carbocycles. The van der Waals surface area contributed by atoms with E-state index in [1.54, 1.807) is 6.07 Å². The Morgan fingerprint density at radius 3 is 2.84 bits per heavy atom. The van der Waals surface area contributed by atoms with Crippen LogP contribution in [-0.2, 0) is 11.2 Å². The van der Waals surface area contributed by atoms with Crippen LogP contribution in [0.15, 0.2) is 18.2 Å². The Morgan fingerprint density at radius 2 is 2.16 bits per heavy atom. The van der Waals surface area contributed by atoms with Crippen LogP contribution < -0.4 is 0 Å². The molecule has 1 amide bonds. The zero-order chi connectivity index (χ0) is 14.0. The van der Waals surface area contributed by atoms with Gasteiger partial charge >= 0.3 is 0 Å². The fourth-order valence-electron chi connectivity index (χ4n) is 2.25. The minimum Gasteiger partial charge on any atom is -0.390 e. The normalized spacial score (nSPS) is 23.5. The molecule has 1 fully saturated rings. The van der Waals surface area contributed by atoms with Crippen molar-refractivity contribution in [2.75, 3.05) is 13.1 Å².